The quantitative estimate of drug-likeness (QED) is 0.635. The molecule has 1 aromatic carbocycles. The second-order valence-corrected chi connectivity index (χ2v) is 8.00. The zero-order chi connectivity index (χ0) is 12.6. The van der Waals surface area contributed by atoms with Crippen molar-refractivity contribution in [3.63, 3.8) is 0 Å². The summed E-state index contributed by atoms with van der Waals surface area (Å²) in [4.78, 5) is 11.9. The molecule has 1 rings (SSSR count). The van der Waals surface area contributed by atoms with Crippen molar-refractivity contribution < 1.29 is 17.6 Å². The molecule has 0 saturated carbocycles. The van der Waals surface area contributed by atoms with Gasteiger partial charge in [-0.1, -0.05) is 15.9 Å². The zero-order valence-corrected chi connectivity index (χ0v) is 11.1. The Balaban J connectivity index is 3.18. The number of halogens is 2. The first-order valence-corrected chi connectivity index (χ1v) is 7.03. The molecule has 0 aliphatic carbocycles. The molecule has 0 fully saturated rings. The lowest BCUT2D eigenvalue weighted by Gasteiger charge is -2.18. The van der Waals surface area contributed by atoms with Crippen molar-refractivity contribution in [2.24, 2.45) is 0 Å². The van der Waals surface area contributed by atoms with E-state index in [2.05, 4.69) is 15.9 Å². The number of Topliss-reactive ketones (excluding diaryl/α,β-unsaturated/α-hetero) is 1. The Hall–Kier alpha value is -0.750. The highest BCUT2D eigenvalue weighted by atomic mass is 79.9. The van der Waals surface area contributed by atoms with Crippen molar-refractivity contribution in [2.75, 3.05) is 6.26 Å². The van der Waals surface area contributed by atoms with Crippen LogP contribution in [-0.4, -0.2) is 24.1 Å². The predicted molar refractivity (Wildman–Crippen MR) is 62.9 cm³/mol. The van der Waals surface area contributed by atoms with E-state index in [1.54, 1.807) is 0 Å². The fourth-order valence-corrected chi connectivity index (χ4v) is 1.71. The third-order valence-corrected chi connectivity index (χ3v) is 5.91. The second-order valence-electron chi connectivity index (χ2n) is 3.52. The lowest BCUT2D eigenvalue weighted by molar-refractivity contribution is 0.0983. The molecule has 88 valence electrons. The molecule has 0 aliphatic rings. The predicted octanol–water partition coefficient (Wildman–Crippen LogP) is 2.16. The van der Waals surface area contributed by atoms with Crippen LogP contribution in [-0.2, 0) is 9.84 Å². The molecule has 0 aliphatic heterocycles. The van der Waals surface area contributed by atoms with Gasteiger partial charge in [0.05, 0.1) is 0 Å². The molecule has 3 nitrogen and oxygen atoms in total. The number of sulfone groups is 1. The van der Waals surface area contributed by atoms with E-state index in [0.717, 1.165) is 18.4 Å². The fourth-order valence-electron chi connectivity index (χ4n) is 1.03. The summed E-state index contributed by atoms with van der Waals surface area (Å²) < 4.78 is 33.7. The van der Waals surface area contributed by atoms with E-state index in [4.69, 9.17) is 0 Å². The van der Waals surface area contributed by atoms with Gasteiger partial charge in [-0.2, -0.15) is 0 Å². The highest BCUT2D eigenvalue weighted by molar-refractivity contribution is 9.12. The molecule has 0 spiro atoms. The second kappa shape index (κ2) is 4.25. The van der Waals surface area contributed by atoms with Crippen LogP contribution < -0.4 is 0 Å². The van der Waals surface area contributed by atoms with E-state index in [1.807, 2.05) is 0 Å². The first-order chi connectivity index (χ1) is 7.16. The number of hydrogen-bond acceptors (Lipinski definition) is 3. The first kappa shape index (κ1) is 13.3. The van der Waals surface area contributed by atoms with Crippen LogP contribution in [0.1, 0.15) is 17.3 Å². The monoisotopic (exact) mass is 308 g/mol. The van der Waals surface area contributed by atoms with Gasteiger partial charge in [-0.3, -0.25) is 4.79 Å². The molecule has 16 heavy (non-hydrogen) atoms. The summed E-state index contributed by atoms with van der Waals surface area (Å²) in [5, 5.41) is 0. The van der Waals surface area contributed by atoms with Gasteiger partial charge in [-0.25, -0.2) is 12.8 Å². The molecule has 1 aromatic rings. The summed E-state index contributed by atoms with van der Waals surface area (Å²) in [6.45, 7) is 1.26. The minimum atomic E-state index is -3.59. The summed E-state index contributed by atoms with van der Waals surface area (Å²) in [5.41, 5.74) is 0.145. The fraction of sp³-hybridized carbons (Fsp3) is 0.300. The lowest BCUT2D eigenvalue weighted by atomic mass is 10.1. The molecule has 6 heteroatoms. The SMILES string of the molecule is C[C@](Br)(C(=O)c1ccc(F)cc1)S(C)(=O)=O. The zero-order valence-electron chi connectivity index (χ0n) is 8.70. The van der Waals surface area contributed by atoms with Crippen molar-refractivity contribution in [1.82, 2.24) is 0 Å². The van der Waals surface area contributed by atoms with Gasteiger partial charge in [-0.05, 0) is 31.2 Å². The van der Waals surface area contributed by atoms with Gasteiger partial charge in [0.25, 0.3) is 0 Å². The van der Waals surface area contributed by atoms with Crippen molar-refractivity contribution in [1.29, 1.82) is 0 Å². The van der Waals surface area contributed by atoms with Gasteiger partial charge in [-0.15, -0.1) is 0 Å². The Morgan fingerprint density at radius 3 is 2.12 bits per heavy atom. The van der Waals surface area contributed by atoms with E-state index < -0.39 is 25.1 Å². The third-order valence-electron chi connectivity index (χ3n) is 2.21. The third kappa shape index (κ3) is 2.49. The highest BCUT2D eigenvalue weighted by Gasteiger charge is 2.41. The van der Waals surface area contributed by atoms with Crippen molar-refractivity contribution in [3.8, 4) is 0 Å². The van der Waals surface area contributed by atoms with Crippen molar-refractivity contribution >= 4 is 31.6 Å². The summed E-state index contributed by atoms with van der Waals surface area (Å²) in [5.74, 6) is -1.10. The topological polar surface area (TPSA) is 51.2 Å². The molecule has 0 N–H and O–H groups in total. The van der Waals surface area contributed by atoms with E-state index in [0.29, 0.717) is 0 Å². The number of carbonyl (C=O) groups excluding carboxylic acids is 1. The standard InChI is InChI=1S/C10H10BrFO3S/c1-10(11,16(2,14)15)9(13)7-3-5-8(12)6-4-7/h3-6H,1-2H3/t10-/m1/s1. The lowest BCUT2D eigenvalue weighted by Crippen LogP contribution is -2.36. The maximum Gasteiger partial charge on any atom is 0.194 e. The Labute approximate surface area is 102 Å². The van der Waals surface area contributed by atoms with E-state index in [-0.39, 0.29) is 5.56 Å². The maximum absolute atomic E-state index is 12.6. The van der Waals surface area contributed by atoms with Crippen LogP contribution in [0.15, 0.2) is 24.3 Å². The molecule has 0 amide bonds. The van der Waals surface area contributed by atoms with E-state index >= 15 is 0 Å². The largest absolute Gasteiger partial charge is 0.291 e. The Kier molecular flexibility index (Phi) is 3.54. The highest BCUT2D eigenvalue weighted by Crippen LogP contribution is 2.28. The molecular formula is C10H10BrFO3S. The van der Waals surface area contributed by atoms with Crippen LogP contribution in [0.4, 0.5) is 4.39 Å². The van der Waals surface area contributed by atoms with Gasteiger partial charge < -0.3 is 0 Å². The van der Waals surface area contributed by atoms with Crippen LogP contribution in [0.3, 0.4) is 0 Å². The first-order valence-electron chi connectivity index (χ1n) is 4.35. The molecule has 0 heterocycles. The van der Waals surface area contributed by atoms with Gasteiger partial charge in [0.15, 0.2) is 19.3 Å². The van der Waals surface area contributed by atoms with Gasteiger partial charge in [0, 0.05) is 11.8 Å². The number of rotatable bonds is 3. The minimum absolute atomic E-state index is 0.145. The molecule has 0 radical (unpaired) electrons. The summed E-state index contributed by atoms with van der Waals surface area (Å²) in [6, 6.07) is 4.72. The summed E-state index contributed by atoms with van der Waals surface area (Å²) in [7, 11) is -3.59. The number of ketones is 1. The molecular weight excluding hydrogens is 299 g/mol. The van der Waals surface area contributed by atoms with Crippen molar-refractivity contribution in [2.45, 2.75) is 10.6 Å². The van der Waals surface area contributed by atoms with E-state index in [1.165, 1.54) is 19.1 Å². The van der Waals surface area contributed by atoms with Crippen molar-refractivity contribution in [3.05, 3.63) is 35.6 Å². The van der Waals surface area contributed by atoms with Crippen LogP contribution in [0, 0.1) is 5.82 Å². The summed E-state index contributed by atoms with van der Waals surface area (Å²) in [6.07, 6.45) is 0.961. The average molecular weight is 309 g/mol. The van der Waals surface area contributed by atoms with Crippen LogP contribution in [0.5, 0.6) is 0 Å². The molecule has 1 atom stereocenters. The normalized spacial score (nSPS) is 15.5. The van der Waals surface area contributed by atoms with E-state index in [9.17, 15) is 17.6 Å². The smallest absolute Gasteiger partial charge is 0.194 e. The summed E-state index contributed by atoms with van der Waals surface area (Å²) >= 11 is 2.89. The maximum atomic E-state index is 12.6. The number of hydrogen-bond donors (Lipinski definition) is 0. The Bertz CT molecular complexity index is 505. The minimum Gasteiger partial charge on any atom is -0.291 e. The number of carbonyl (C=O) groups is 1. The van der Waals surface area contributed by atoms with Gasteiger partial charge in [0.1, 0.15) is 5.82 Å². The van der Waals surface area contributed by atoms with Gasteiger partial charge in [0.2, 0.25) is 0 Å². The number of benzene rings is 1. The molecule has 0 unspecified atom stereocenters. The van der Waals surface area contributed by atoms with Crippen LogP contribution in [0.2, 0.25) is 0 Å². The molecule has 0 aromatic heterocycles. The van der Waals surface area contributed by atoms with Crippen LogP contribution >= 0.6 is 15.9 Å². The van der Waals surface area contributed by atoms with Crippen LogP contribution in [0.25, 0.3) is 0 Å². The van der Waals surface area contributed by atoms with Gasteiger partial charge >= 0.3 is 0 Å². The molecule has 0 saturated heterocycles. The average Bonchev–Trinajstić information content (AvgIpc) is 2.16. The number of alkyl halides is 1. The Morgan fingerprint density at radius 2 is 1.75 bits per heavy atom. The Morgan fingerprint density at radius 1 is 1.31 bits per heavy atom. The molecule has 0 bridgehead atoms.